The second-order valence-electron chi connectivity index (χ2n) is 5.84. The molecule has 1 aliphatic carbocycles. The van der Waals surface area contributed by atoms with E-state index < -0.39 is 48.8 Å². The molecule has 0 bridgehead atoms. The van der Waals surface area contributed by atoms with Gasteiger partial charge in [-0.25, -0.2) is 13.6 Å². The van der Waals surface area contributed by atoms with Crippen LogP contribution in [0.5, 0.6) is 0 Å². The third-order valence-corrected chi connectivity index (χ3v) is 3.68. The van der Waals surface area contributed by atoms with Crippen LogP contribution in [0.4, 0.5) is 22.0 Å². The van der Waals surface area contributed by atoms with Gasteiger partial charge in [-0.1, -0.05) is 19.3 Å². The summed E-state index contributed by atoms with van der Waals surface area (Å²) in [4.78, 5) is 23.0. The van der Waals surface area contributed by atoms with E-state index >= 15 is 0 Å². The van der Waals surface area contributed by atoms with Crippen LogP contribution in [-0.4, -0.2) is 41.5 Å². The molecule has 0 aromatic rings. The SMILES string of the molecule is CC(F)(F)CCOC(OC(=O)C1CCCCC1)(C(=O)O)C(F)(F)F. The quantitative estimate of drug-likeness (QED) is 0.426. The minimum atomic E-state index is -5.62. The molecule has 1 unspecified atom stereocenters. The molecule has 10 heteroatoms. The van der Waals surface area contributed by atoms with Gasteiger partial charge >= 0.3 is 23.9 Å². The lowest BCUT2D eigenvalue weighted by atomic mass is 9.89. The van der Waals surface area contributed by atoms with Crippen molar-refractivity contribution < 1.29 is 46.1 Å². The number of ether oxygens (including phenoxy) is 2. The summed E-state index contributed by atoms with van der Waals surface area (Å²) < 4.78 is 73.4. The Bertz CT molecular complexity index is 453. The Balaban J connectivity index is 2.94. The molecule has 0 aliphatic heterocycles. The highest BCUT2D eigenvalue weighted by Gasteiger charge is 2.67. The maximum absolute atomic E-state index is 13.2. The minimum absolute atomic E-state index is 0.277. The van der Waals surface area contributed by atoms with Crippen molar-refractivity contribution in [2.45, 2.75) is 63.3 Å². The Labute approximate surface area is 135 Å². The summed E-state index contributed by atoms with van der Waals surface area (Å²) in [5.41, 5.74) is 0. The molecule has 0 spiro atoms. The fourth-order valence-electron chi connectivity index (χ4n) is 2.33. The Morgan fingerprint density at radius 2 is 1.62 bits per heavy atom. The summed E-state index contributed by atoms with van der Waals surface area (Å²) in [5.74, 6) is -12.5. The number of aliphatic carboxylic acids is 1. The van der Waals surface area contributed by atoms with Gasteiger partial charge in [-0.3, -0.25) is 4.79 Å². The first-order valence-electron chi connectivity index (χ1n) is 7.44. The van der Waals surface area contributed by atoms with Gasteiger partial charge in [0, 0.05) is 6.42 Å². The van der Waals surface area contributed by atoms with Gasteiger partial charge in [0.2, 0.25) is 5.92 Å². The minimum Gasteiger partial charge on any atom is -0.476 e. The molecule has 1 aliphatic rings. The van der Waals surface area contributed by atoms with Crippen LogP contribution < -0.4 is 0 Å². The van der Waals surface area contributed by atoms with Crippen LogP contribution in [0.1, 0.15) is 45.4 Å². The van der Waals surface area contributed by atoms with Crippen LogP contribution in [0.2, 0.25) is 0 Å². The number of hydrogen-bond donors (Lipinski definition) is 1. The normalized spacial score (nSPS) is 19.6. The zero-order valence-electron chi connectivity index (χ0n) is 13.0. The topological polar surface area (TPSA) is 72.8 Å². The van der Waals surface area contributed by atoms with E-state index in [9.17, 15) is 31.5 Å². The van der Waals surface area contributed by atoms with E-state index in [2.05, 4.69) is 9.47 Å². The van der Waals surface area contributed by atoms with Crippen LogP contribution in [0.15, 0.2) is 0 Å². The summed E-state index contributed by atoms with van der Waals surface area (Å²) in [6.07, 6.45) is -4.19. The van der Waals surface area contributed by atoms with Crippen molar-refractivity contribution in [3.63, 3.8) is 0 Å². The average molecular weight is 362 g/mol. The van der Waals surface area contributed by atoms with E-state index in [-0.39, 0.29) is 12.8 Å². The van der Waals surface area contributed by atoms with Gasteiger partial charge in [0.1, 0.15) is 0 Å². The molecule has 0 aromatic heterocycles. The predicted octanol–water partition coefficient (Wildman–Crippen LogP) is 3.52. The highest BCUT2D eigenvalue weighted by molar-refractivity contribution is 5.82. The molecule has 0 saturated heterocycles. The van der Waals surface area contributed by atoms with Crippen molar-refractivity contribution >= 4 is 11.9 Å². The van der Waals surface area contributed by atoms with Gasteiger partial charge in [-0.2, -0.15) is 13.2 Å². The molecule has 1 fully saturated rings. The molecule has 5 nitrogen and oxygen atoms in total. The number of carbonyl (C=O) groups excluding carboxylic acids is 1. The van der Waals surface area contributed by atoms with Crippen molar-refractivity contribution in [1.82, 2.24) is 0 Å². The Kier molecular flexibility index (Phi) is 6.54. The van der Waals surface area contributed by atoms with E-state index in [0.717, 1.165) is 6.42 Å². The van der Waals surface area contributed by atoms with E-state index in [1.165, 1.54) is 0 Å². The Morgan fingerprint density at radius 1 is 1.08 bits per heavy atom. The van der Waals surface area contributed by atoms with Gasteiger partial charge in [-0.05, 0) is 19.8 Å². The lowest BCUT2D eigenvalue weighted by molar-refractivity contribution is -0.356. The summed E-state index contributed by atoms with van der Waals surface area (Å²) in [7, 11) is 0. The van der Waals surface area contributed by atoms with Crippen LogP contribution in [0.25, 0.3) is 0 Å². The zero-order valence-corrected chi connectivity index (χ0v) is 13.0. The number of carboxylic acid groups (broad SMARTS) is 1. The number of carboxylic acids is 1. The standard InChI is InChI=1S/C14H19F5O5/c1-12(15,16)7-8-23-13(11(21)22,14(17,18)19)24-10(20)9-5-3-2-4-6-9/h9H,2-8H2,1H3,(H,21,22). The molecule has 0 radical (unpaired) electrons. The maximum atomic E-state index is 13.2. The van der Waals surface area contributed by atoms with Crippen molar-refractivity contribution in [1.29, 1.82) is 0 Å². The lowest BCUT2D eigenvalue weighted by Gasteiger charge is -2.32. The number of carbonyl (C=O) groups is 2. The second-order valence-corrected chi connectivity index (χ2v) is 5.84. The molecular formula is C14H19F5O5. The molecule has 0 heterocycles. The first-order valence-corrected chi connectivity index (χ1v) is 7.44. The van der Waals surface area contributed by atoms with E-state index in [1.54, 1.807) is 0 Å². The van der Waals surface area contributed by atoms with Crippen molar-refractivity contribution in [3.05, 3.63) is 0 Å². The number of halogens is 5. The highest BCUT2D eigenvalue weighted by atomic mass is 19.4. The van der Waals surface area contributed by atoms with Crippen molar-refractivity contribution in [2.75, 3.05) is 6.61 Å². The molecule has 0 aromatic carbocycles. The number of esters is 1. The zero-order chi connectivity index (χ0) is 18.6. The van der Waals surface area contributed by atoms with E-state index in [0.29, 0.717) is 19.8 Å². The smallest absolute Gasteiger partial charge is 0.468 e. The van der Waals surface area contributed by atoms with Gasteiger partial charge in [-0.15, -0.1) is 0 Å². The predicted molar refractivity (Wildman–Crippen MR) is 70.3 cm³/mol. The summed E-state index contributed by atoms with van der Waals surface area (Å²) in [6.45, 7) is -0.798. The molecule has 1 saturated carbocycles. The summed E-state index contributed by atoms with van der Waals surface area (Å²) in [5, 5.41) is 8.93. The van der Waals surface area contributed by atoms with Crippen LogP contribution in [0.3, 0.4) is 0 Å². The van der Waals surface area contributed by atoms with E-state index in [4.69, 9.17) is 5.11 Å². The summed E-state index contributed by atoms with van der Waals surface area (Å²) in [6, 6.07) is 0. The molecule has 1 atom stereocenters. The second kappa shape index (κ2) is 7.62. The van der Waals surface area contributed by atoms with Crippen LogP contribution >= 0.6 is 0 Å². The van der Waals surface area contributed by atoms with Gasteiger partial charge in [0.05, 0.1) is 12.5 Å². The largest absolute Gasteiger partial charge is 0.476 e. The van der Waals surface area contributed by atoms with Crippen LogP contribution in [-0.2, 0) is 19.1 Å². The number of rotatable bonds is 7. The fourth-order valence-corrected chi connectivity index (χ4v) is 2.33. The number of hydrogen-bond acceptors (Lipinski definition) is 4. The van der Waals surface area contributed by atoms with Gasteiger partial charge < -0.3 is 14.6 Å². The third kappa shape index (κ3) is 5.29. The highest BCUT2D eigenvalue weighted by Crippen LogP contribution is 2.38. The average Bonchev–Trinajstić information content (AvgIpc) is 2.44. The maximum Gasteiger partial charge on any atom is 0.468 e. The summed E-state index contributed by atoms with van der Waals surface area (Å²) >= 11 is 0. The van der Waals surface area contributed by atoms with Gasteiger partial charge in [0.25, 0.3) is 0 Å². The van der Waals surface area contributed by atoms with Gasteiger partial charge in [0.15, 0.2) is 0 Å². The fraction of sp³-hybridized carbons (Fsp3) is 0.857. The molecule has 0 amide bonds. The van der Waals surface area contributed by atoms with Crippen molar-refractivity contribution in [2.24, 2.45) is 5.92 Å². The molecule has 1 N–H and O–H groups in total. The monoisotopic (exact) mass is 362 g/mol. The molecule has 24 heavy (non-hydrogen) atoms. The molecule has 140 valence electrons. The number of alkyl halides is 5. The third-order valence-electron chi connectivity index (χ3n) is 3.68. The molecular weight excluding hydrogens is 343 g/mol. The first-order chi connectivity index (χ1) is 10.9. The Morgan fingerprint density at radius 3 is 2.04 bits per heavy atom. The van der Waals surface area contributed by atoms with Crippen LogP contribution in [0, 0.1) is 5.92 Å². The van der Waals surface area contributed by atoms with Crippen molar-refractivity contribution in [3.8, 4) is 0 Å². The molecule has 1 rings (SSSR count). The van der Waals surface area contributed by atoms with E-state index in [1.807, 2.05) is 0 Å². The lowest BCUT2D eigenvalue weighted by Crippen LogP contribution is -2.58. The first kappa shape index (κ1) is 20.6. The Hall–Kier alpha value is -1.45.